The fourth-order valence-corrected chi connectivity index (χ4v) is 6.22. The number of carbonyl (C=O) groups is 2. The van der Waals surface area contributed by atoms with E-state index in [-0.39, 0.29) is 49.6 Å². The number of hydrogen-bond donors (Lipinski definition) is 2. The molecular formula is C27H17ClF4N4O2S. The Bertz CT molecular complexity index is 1830. The van der Waals surface area contributed by atoms with Crippen molar-refractivity contribution in [3.63, 3.8) is 0 Å². The predicted octanol–water partition coefficient (Wildman–Crippen LogP) is 6.61. The van der Waals surface area contributed by atoms with Gasteiger partial charge in [0, 0.05) is 49.7 Å². The maximum atomic E-state index is 14.2. The monoisotopic (exact) mass is 572 g/mol. The minimum Gasteiger partial charge on any atom is -0.341 e. The molecule has 0 bridgehead atoms. The molecule has 0 spiro atoms. The molecule has 39 heavy (non-hydrogen) atoms. The van der Waals surface area contributed by atoms with Gasteiger partial charge in [0.1, 0.15) is 17.2 Å². The highest BCUT2D eigenvalue weighted by Gasteiger charge is 2.38. The van der Waals surface area contributed by atoms with Gasteiger partial charge in [-0.2, -0.15) is 5.10 Å². The molecule has 0 aliphatic carbocycles. The fraction of sp³-hybridized carbons (Fsp3) is 0.148. The average molecular weight is 573 g/mol. The molecular weight excluding hydrogens is 556 g/mol. The number of benzene rings is 3. The van der Waals surface area contributed by atoms with E-state index in [0.29, 0.717) is 10.1 Å². The van der Waals surface area contributed by atoms with Crippen molar-refractivity contribution in [1.82, 2.24) is 15.1 Å². The van der Waals surface area contributed by atoms with E-state index in [0.717, 1.165) is 0 Å². The molecule has 0 fully saturated rings. The van der Waals surface area contributed by atoms with Crippen LogP contribution in [0.15, 0.2) is 47.8 Å². The van der Waals surface area contributed by atoms with Crippen LogP contribution in [0, 0.1) is 11.6 Å². The largest absolute Gasteiger partial charge is 0.341 e. The van der Waals surface area contributed by atoms with Gasteiger partial charge in [-0.15, -0.1) is 11.3 Å². The first-order chi connectivity index (χ1) is 18.6. The molecule has 12 heteroatoms. The van der Waals surface area contributed by atoms with Crippen LogP contribution in [0.4, 0.5) is 23.2 Å². The first-order valence-electron chi connectivity index (χ1n) is 11.7. The summed E-state index contributed by atoms with van der Waals surface area (Å²) in [4.78, 5) is 26.8. The second kappa shape index (κ2) is 9.35. The van der Waals surface area contributed by atoms with Crippen LogP contribution < -0.4 is 10.6 Å². The quantitative estimate of drug-likeness (QED) is 0.233. The van der Waals surface area contributed by atoms with E-state index in [1.54, 1.807) is 5.38 Å². The summed E-state index contributed by atoms with van der Waals surface area (Å²) in [7, 11) is 1.49. The number of rotatable bonds is 5. The molecule has 0 radical (unpaired) electrons. The van der Waals surface area contributed by atoms with Crippen LogP contribution in [0.5, 0.6) is 0 Å². The summed E-state index contributed by atoms with van der Waals surface area (Å²) < 4.78 is 56.6. The van der Waals surface area contributed by atoms with Gasteiger partial charge >= 0.3 is 0 Å². The molecule has 1 atom stereocenters. The van der Waals surface area contributed by atoms with E-state index in [9.17, 15) is 27.2 Å². The van der Waals surface area contributed by atoms with E-state index in [2.05, 4.69) is 15.7 Å². The van der Waals surface area contributed by atoms with Crippen LogP contribution in [0.2, 0.25) is 5.02 Å². The van der Waals surface area contributed by atoms with Crippen LogP contribution in [0.1, 0.15) is 43.6 Å². The molecule has 1 aliphatic rings. The Morgan fingerprint density at radius 1 is 1.15 bits per heavy atom. The summed E-state index contributed by atoms with van der Waals surface area (Å²) in [5.74, 6) is -2.16. The van der Waals surface area contributed by atoms with Crippen LogP contribution in [0.3, 0.4) is 0 Å². The Balaban J connectivity index is 1.56. The topological polar surface area (TPSA) is 76.0 Å². The van der Waals surface area contributed by atoms with Crippen LogP contribution in [-0.2, 0) is 13.5 Å². The molecule has 2 N–H and O–H groups in total. The molecule has 0 saturated heterocycles. The number of halogens is 5. The van der Waals surface area contributed by atoms with Gasteiger partial charge in [0.25, 0.3) is 11.8 Å². The summed E-state index contributed by atoms with van der Waals surface area (Å²) in [6.45, 7) is 0. The standard InChI is InChI=1S/C27H17ClF4N4O2S/c1-36-19(9-21(31)32)15-8-18(33-26(37)16-10-39-20-7-12(30)2-4-13(16)20)22-23(25(15)35-36)27(38)34-24(22)14-6-11(29)3-5-17(14)28/h2-8,10,21,24H,9H2,1H3,(H,33,37)(H,34,38). The van der Waals surface area contributed by atoms with Crippen molar-refractivity contribution < 1.29 is 27.2 Å². The smallest absolute Gasteiger partial charge is 0.257 e. The van der Waals surface area contributed by atoms with Gasteiger partial charge in [-0.25, -0.2) is 17.6 Å². The minimum atomic E-state index is -2.68. The third-order valence-electron chi connectivity index (χ3n) is 6.73. The molecule has 2 aromatic heterocycles. The lowest BCUT2D eigenvalue weighted by Gasteiger charge is -2.18. The van der Waals surface area contributed by atoms with Gasteiger partial charge in [0.2, 0.25) is 6.43 Å². The molecule has 198 valence electrons. The van der Waals surface area contributed by atoms with E-state index >= 15 is 0 Å². The summed E-state index contributed by atoms with van der Waals surface area (Å²) in [6.07, 6.45) is -3.30. The summed E-state index contributed by atoms with van der Waals surface area (Å²) in [6, 6.07) is 8.30. The van der Waals surface area contributed by atoms with Gasteiger partial charge in [-0.1, -0.05) is 11.6 Å². The number of carbonyl (C=O) groups excluding carboxylic acids is 2. The number of fused-ring (bicyclic) bond motifs is 4. The van der Waals surface area contributed by atoms with E-state index in [4.69, 9.17) is 11.6 Å². The molecule has 6 nitrogen and oxygen atoms in total. The van der Waals surface area contributed by atoms with Crippen LogP contribution >= 0.6 is 22.9 Å². The van der Waals surface area contributed by atoms with Gasteiger partial charge in [0.05, 0.1) is 29.3 Å². The van der Waals surface area contributed by atoms with Crippen molar-refractivity contribution in [3.05, 3.63) is 92.4 Å². The Morgan fingerprint density at radius 3 is 2.67 bits per heavy atom. The van der Waals surface area contributed by atoms with Crippen molar-refractivity contribution in [2.24, 2.45) is 7.05 Å². The maximum absolute atomic E-state index is 14.2. The molecule has 1 aliphatic heterocycles. The summed E-state index contributed by atoms with van der Waals surface area (Å²) in [5, 5.41) is 12.5. The molecule has 0 saturated carbocycles. The molecule has 3 heterocycles. The van der Waals surface area contributed by atoms with Crippen molar-refractivity contribution in [1.29, 1.82) is 0 Å². The van der Waals surface area contributed by atoms with Crippen LogP contribution in [0.25, 0.3) is 21.0 Å². The number of hydrogen-bond acceptors (Lipinski definition) is 4. The zero-order valence-electron chi connectivity index (χ0n) is 20.0. The molecule has 3 aromatic carbocycles. The third kappa shape index (κ3) is 4.22. The van der Waals surface area contributed by atoms with Gasteiger partial charge in [-0.3, -0.25) is 14.3 Å². The highest BCUT2D eigenvalue weighted by Crippen LogP contribution is 2.43. The van der Waals surface area contributed by atoms with Crippen molar-refractivity contribution in [2.45, 2.75) is 18.9 Å². The number of anilines is 1. The van der Waals surface area contributed by atoms with Crippen molar-refractivity contribution >= 4 is 61.4 Å². The number of aromatic nitrogens is 2. The second-order valence-electron chi connectivity index (χ2n) is 9.09. The highest BCUT2D eigenvalue weighted by molar-refractivity contribution is 7.17. The summed E-state index contributed by atoms with van der Waals surface area (Å²) >= 11 is 7.56. The fourth-order valence-electron chi connectivity index (χ4n) is 5.03. The molecule has 1 unspecified atom stereocenters. The minimum absolute atomic E-state index is 0.0708. The zero-order valence-corrected chi connectivity index (χ0v) is 21.6. The number of alkyl halides is 2. The van der Waals surface area contributed by atoms with Crippen molar-refractivity contribution in [3.8, 4) is 0 Å². The van der Waals surface area contributed by atoms with Gasteiger partial charge in [0.15, 0.2) is 0 Å². The van der Waals surface area contributed by atoms with E-state index < -0.39 is 42.3 Å². The summed E-state index contributed by atoms with van der Waals surface area (Å²) in [5.41, 5.74) is 1.36. The predicted molar refractivity (Wildman–Crippen MR) is 141 cm³/mol. The first-order valence-corrected chi connectivity index (χ1v) is 12.9. The Kier molecular flexibility index (Phi) is 6.07. The number of aryl methyl sites for hydroxylation is 1. The van der Waals surface area contributed by atoms with E-state index in [1.165, 1.54) is 65.5 Å². The molecule has 2 amide bonds. The highest BCUT2D eigenvalue weighted by atomic mass is 35.5. The lowest BCUT2D eigenvalue weighted by Crippen LogP contribution is -2.21. The SMILES string of the molecule is Cn1nc2c3c(c(NC(=O)c4csc5cc(F)ccc45)cc2c1CC(F)F)C(c1cc(F)ccc1Cl)NC3=O. The Morgan fingerprint density at radius 2 is 1.90 bits per heavy atom. The van der Waals surface area contributed by atoms with Gasteiger partial charge < -0.3 is 10.6 Å². The second-order valence-corrected chi connectivity index (χ2v) is 10.4. The maximum Gasteiger partial charge on any atom is 0.257 e. The Labute approximate surface area is 227 Å². The molecule has 5 aromatic rings. The Hall–Kier alpha value is -3.96. The third-order valence-corrected chi connectivity index (χ3v) is 8.02. The normalized spacial score (nSPS) is 14.8. The zero-order chi connectivity index (χ0) is 27.6. The number of nitrogens with one attached hydrogen (secondary N) is 2. The number of amides is 2. The first kappa shape index (κ1) is 25.3. The van der Waals surface area contributed by atoms with Crippen LogP contribution in [-0.4, -0.2) is 28.0 Å². The lowest BCUT2D eigenvalue weighted by atomic mass is 9.93. The lowest BCUT2D eigenvalue weighted by molar-refractivity contribution is 0.0960. The van der Waals surface area contributed by atoms with E-state index in [1.807, 2.05) is 0 Å². The van der Waals surface area contributed by atoms with Crippen molar-refractivity contribution in [2.75, 3.05) is 5.32 Å². The average Bonchev–Trinajstić information content (AvgIpc) is 3.54. The number of nitrogens with zero attached hydrogens (tertiary/aromatic N) is 2. The number of thiophene rings is 1. The van der Waals surface area contributed by atoms with Gasteiger partial charge in [-0.05, 0) is 42.5 Å². The molecule has 6 rings (SSSR count).